The second kappa shape index (κ2) is 3.55. The number of likely N-dealkylation sites (tertiary alicyclic amines) is 1. The van der Waals surface area contributed by atoms with Gasteiger partial charge in [-0.25, -0.2) is 0 Å². The molecule has 1 atom stereocenters. The van der Waals surface area contributed by atoms with Gasteiger partial charge in [-0.1, -0.05) is 13.8 Å². The van der Waals surface area contributed by atoms with E-state index >= 15 is 0 Å². The first-order chi connectivity index (χ1) is 5.20. The topological polar surface area (TPSA) is 23.5 Å². The fourth-order valence-electron chi connectivity index (χ4n) is 1.75. The van der Waals surface area contributed by atoms with Crippen molar-refractivity contribution in [2.45, 2.75) is 26.7 Å². The minimum absolute atomic E-state index is 0.305. The number of rotatable bonds is 3. The van der Waals surface area contributed by atoms with E-state index < -0.39 is 0 Å². The van der Waals surface area contributed by atoms with Crippen LogP contribution in [0.4, 0.5) is 0 Å². The van der Waals surface area contributed by atoms with Crippen LogP contribution in [-0.2, 0) is 0 Å². The van der Waals surface area contributed by atoms with E-state index in [2.05, 4.69) is 18.7 Å². The summed E-state index contributed by atoms with van der Waals surface area (Å²) in [6, 6.07) is 0. The molecular formula is C9H19NO. The van der Waals surface area contributed by atoms with Crippen LogP contribution in [0.1, 0.15) is 26.7 Å². The van der Waals surface area contributed by atoms with Crippen LogP contribution < -0.4 is 0 Å². The molecule has 0 aromatic carbocycles. The van der Waals surface area contributed by atoms with E-state index in [1.165, 1.54) is 25.9 Å². The Labute approximate surface area is 69.2 Å². The Kier molecular flexibility index (Phi) is 2.90. The van der Waals surface area contributed by atoms with Crippen LogP contribution >= 0.6 is 0 Å². The molecule has 2 heteroatoms. The molecule has 0 radical (unpaired) electrons. The van der Waals surface area contributed by atoms with Gasteiger partial charge < -0.3 is 10.0 Å². The number of nitrogens with zero attached hydrogens (tertiary/aromatic N) is 1. The lowest BCUT2D eigenvalue weighted by molar-refractivity contribution is 0.203. The maximum Gasteiger partial charge on any atom is 0.0558 e. The van der Waals surface area contributed by atoms with E-state index in [0.29, 0.717) is 12.0 Å². The normalized spacial score (nSPS) is 33.0. The summed E-state index contributed by atoms with van der Waals surface area (Å²) in [5.41, 5.74) is 0.523. The molecule has 1 unspecified atom stereocenters. The van der Waals surface area contributed by atoms with Crippen LogP contribution in [0.5, 0.6) is 0 Å². The first-order valence-corrected chi connectivity index (χ1v) is 4.53. The van der Waals surface area contributed by atoms with Gasteiger partial charge in [0.2, 0.25) is 0 Å². The van der Waals surface area contributed by atoms with Crippen LogP contribution in [-0.4, -0.2) is 36.2 Å². The molecule has 0 saturated carbocycles. The fraction of sp³-hybridized carbons (Fsp3) is 1.00. The molecule has 0 aromatic rings. The summed E-state index contributed by atoms with van der Waals surface area (Å²) in [6.45, 7) is 8.09. The Bertz CT molecular complexity index is 127. The van der Waals surface area contributed by atoms with Crippen LogP contribution in [0.2, 0.25) is 0 Å². The Morgan fingerprint density at radius 3 is 2.73 bits per heavy atom. The summed E-state index contributed by atoms with van der Waals surface area (Å²) < 4.78 is 0. The second-order valence-corrected chi connectivity index (χ2v) is 3.91. The lowest BCUT2D eigenvalue weighted by Gasteiger charge is -2.22. The number of β-amino-alcohol motifs (C(OH)–C–C–N with tert-alkyl or cyclic N) is 1. The largest absolute Gasteiger partial charge is 0.395 e. The smallest absolute Gasteiger partial charge is 0.0558 e. The second-order valence-electron chi connectivity index (χ2n) is 3.91. The van der Waals surface area contributed by atoms with Crippen molar-refractivity contribution >= 4 is 0 Å². The minimum atomic E-state index is 0.305. The molecule has 1 saturated heterocycles. The highest BCUT2D eigenvalue weighted by Gasteiger charge is 2.31. The van der Waals surface area contributed by atoms with Gasteiger partial charge in [-0.3, -0.25) is 0 Å². The van der Waals surface area contributed by atoms with Gasteiger partial charge in [0.25, 0.3) is 0 Å². The summed E-state index contributed by atoms with van der Waals surface area (Å²) in [5.74, 6) is 0. The quantitative estimate of drug-likeness (QED) is 0.663. The predicted octanol–water partition coefficient (Wildman–Crippen LogP) is 1.10. The van der Waals surface area contributed by atoms with Crippen molar-refractivity contribution < 1.29 is 5.11 Å². The predicted molar refractivity (Wildman–Crippen MR) is 46.5 cm³/mol. The molecule has 0 bridgehead atoms. The van der Waals surface area contributed by atoms with Gasteiger partial charge in [-0.05, 0) is 24.8 Å². The third kappa shape index (κ3) is 2.17. The van der Waals surface area contributed by atoms with Gasteiger partial charge in [0.15, 0.2) is 0 Å². The van der Waals surface area contributed by atoms with E-state index in [1.807, 2.05) is 0 Å². The van der Waals surface area contributed by atoms with Crippen molar-refractivity contribution in [2.75, 3.05) is 26.2 Å². The molecular weight excluding hydrogens is 138 g/mol. The summed E-state index contributed by atoms with van der Waals surface area (Å²) in [6.07, 6.45) is 2.55. The summed E-state index contributed by atoms with van der Waals surface area (Å²) in [5, 5.41) is 8.73. The Hall–Kier alpha value is -0.0800. The van der Waals surface area contributed by atoms with E-state index in [0.717, 1.165) is 6.54 Å². The summed E-state index contributed by atoms with van der Waals surface area (Å²) in [7, 11) is 0. The number of hydrogen-bond donors (Lipinski definition) is 1. The molecule has 0 spiro atoms. The molecule has 1 fully saturated rings. The van der Waals surface area contributed by atoms with Crippen molar-refractivity contribution in [1.82, 2.24) is 4.90 Å². The van der Waals surface area contributed by atoms with Crippen LogP contribution in [0, 0.1) is 5.41 Å². The molecule has 1 aliphatic heterocycles. The van der Waals surface area contributed by atoms with E-state index in [9.17, 15) is 0 Å². The molecule has 2 nitrogen and oxygen atoms in total. The standard InChI is InChI=1S/C9H19NO/c1-3-9(2)4-5-10(8-9)6-7-11/h11H,3-8H2,1-2H3. The number of aliphatic hydroxyl groups excluding tert-OH is 1. The maximum atomic E-state index is 8.73. The van der Waals surface area contributed by atoms with Gasteiger partial charge in [-0.15, -0.1) is 0 Å². The average Bonchev–Trinajstić information content (AvgIpc) is 2.35. The van der Waals surface area contributed by atoms with E-state index in [4.69, 9.17) is 5.11 Å². The maximum absolute atomic E-state index is 8.73. The fourth-order valence-corrected chi connectivity index (χ4v) is 1.75. The zero-order chi connectivity index (χ0) is 8.32. The third-order valence-electron chi connectivity index (χ3n) is 2.91. The Morgan fingerprint density at radius 2 is 2.27 bits per heavy atom. The molecule has 0 aromatic heterocycles. The van der Waals surface area contributed by atoms with E-state index in [-0.39, 0.29) is 0 Å². The number of hydrogen-bond acceptors (Lipinski definition) is 2. The first-order valence-electron chi connectivity index (χ1n) is 4.53. The van der Waals surface area contributed by atoms with Crippen molar-refractivity contribution in [3.63, 3.8) is 0 Å². The highest BCUT2D eigenvalue weighted by Crippen LogP contribution is 2.32. The van der Waals surface area contributed by atoms with Crippen LogP contribution in [0.15, 0.2) is 0 Å². The third-order valence-corrected chi connectivity index (χ3v) is 2.91. The molecule has 1 heterocycles. The molecule has 66 valence electrons. The molecule has 1 aliphatic rings. The summed E-state index contributed by atoms with van der Waals surface area (Å²) in [4.78, 5) is 2.35. The van der Waals surface area contributed by atoms with Gasteiger partial charge in [0.05, 0.1) is 6.61 Å². The molecule has 1 rings (SSSR count). The Morgan fingerprint density at radius 1 is 1.55 bits per heavy atom. The highest BCUT2D eigenvalue weighted by molar-refractivity contribution is 4.84. The first kappa shape index (κ1) is 9.01. The van der Waals surface area contributed by atoms with Gasteiger partial charge in [0, 0.05) is 13.1 Å². The van der Waals surface area contributed by atoms with Crippen LogP contribution in [0.25, 0.3) is 0 Å². The highest BCUT2D eigenvalue weighted by atomic mass is 16.3. The Balaban J connectivity index is 2.33. The van der Waals surface area contributed by atoms with E-state index in [1.54, 1.807) is 0 Å². The van der Waals surface area contributed by atoms with Gasteiger partial charge in [-0.2, -0.15) is 0 Å². The van der Waals surface area contributed by atoms with Crippen molar-refractivity contribution in [3.05, 3.63) is 0 Å². The lowest BCUT2D eigenvalue weighted by atomic mass is 9.87. The molecule has 1 N–H and O–H groups in total. The summed E-state index contributed by atoms with van der Waals surface area (Å²) >= 11 is 0. The minimum Gasteiger partial charge on any atom is -0.395 e. The van der Waals surface area contributed by atoms with Gasteiger partial charge >= 0.3 is 0 Å². The monoisotopic (exact) mass is 157 g/mol. The van der Waals surface area contributed by atoms with Crippen molar-refractivity contribution in [1.29, 1.82) is 0 Å². The molecule has 0 amide bonds. The molecule has 11 heavy (non-hydrogen) atoms. The number of aliphatic hydroxyl groups is 1. The SMILES string of the molecule is CCC1(C)CCN(CCO)C1. The van der Waals surface area contributed by atoms with Crippen molar-refractivity contribution in [3.8, 4) is 0 Å². The van der Waals surface area contributed by atoms with Crippen molar-refractivity contribution in [2.24, 2.45) is 5.41 Å². The van der Waals surface area contributed by atoms with Crippen LogP contribution in [0.3, 0.4) is 0 Å². The lowest BCUT2D eigenvalue weighted by Crippen LogP contribution is -2.27. The van der Waals surface area contributed by atoms with Gasteiger partial charge in [0.1, 0.15) is 0 Å². The average molecular weight is 157 g/mol. The zero-order valence-electron chi connectivity index (χ0n) is 7.64. The zero-order valence-corrected chi connectivity index (χ0v) is 7.64. The molecule has 0 aliphatic carbocycles.